The standard InChI is InChI=1S/C15H16FNO3S/c1-11-4-2-3-5-13(11)9-17-21(19,20)15-8-12(10-18)6-7-14(15)16/h2-8,17-18H,9-10H2,1H3. The Kier molecular flexibility index (Phi) is 4.72. The van der Waals surface area contributed by atoms with Crippen molar-refractivity contribution in [3.05, 3.63) is 65.0 Å². The maximum Gasteiger partial charge on any atom is 0.243 e. The summed E-state index contributed by atoms with van der Waals surface area (Å²) in [5.41, 5.74) is 2.11. The van der Waals surface area contributed by atoms with Gasteiger partial charge in [-0.1, -0.05) is 30.3 Å². The summed E-state index contributed by atoms with van der Waals surface area (Å²) in [6.45, 7) is 1.61. The third-order valence-electron chi connectivity index (χ3n) is 3.18. The Morgan fingerprint density at radius 2 is 1.90 bits per heavy atom. The molecular formula is C15H16FNO3S. The SMILES string of the molecule is Cc1ccccc1CNS(=O)(=O)c1cc(CO)ccc1F. The number of rotatable bonds is 5. The van der Waals surface area contributed by atoms with Gasteiger partial charge in [0, 0.05) is 6.54 Å². The lowest BCUT2D eigenvalue weighted by molar-refractivity contribution is 0.281. The van der Waals surface area contributed by atoms with Crippen molar-refractivity contribution in [2.45, 2.75) is 25.0 Å². The molecule has 112 valence electrons. The largest absolute Gasteiger partial charge is 0.392 e. The molecule has 0 bridgehead atoms. The summed E-state index contributed by atoms with van der Waals surface area (Å²) in [4.78, 5) is -0.456. The van der Waals surface area contributed by atoms with Crippen LogP contribution in [0.1, 0.15) is 16.7 Å². The van der Waals surface area contributed by atoms with Crippen LogP contribution in [0.15, 0.2) is 47.4 Å². The zero-order valence-corrected chi connectivity index (χ0v) is 12.3. The van der Waals surface area contributed by atoms with Crippen molar-refractivity contribution in [2.75, 3.05) is 0 Å². The summed E-state index contributed by atoms with van der Waals surface area (Å²) < 4.78 is 40.4. The predicted octanol–water partition coefficient (Wildman–Crippen LogP) is 2.10. The van der Waals surface area contributed by atoms with Crippen molar-refractivity contribution in [3.63, 3.8) is 0 Å². The molecular weight excluding hydrogens is 293 g/mol. The predicted molar refractivity (Wildman–Crippen MR) is 77.5 cm³/mol. The van der Waals surface area contributed by atoms with Crippen molar-refractivity contribution in [3.8, 4) is 0 Å². The second-order valence-corrected chi connectivity index (χ2v) is 6.41. The van der Waals surface area contributed by atoms with Gasteiger partial charge >= 0.3 is 0 Å². The smallest absolute Gasteiger partial charge is 0.243 e. The molecule has 0 atom stereocenters. The van der Waals surface area contributed by atoms with Crippen LogP contribution in [0.4, 0.5) is 4.39 Å². The lowest BCUT2D eigenvalue weighted by atomic mass is 10.1. The number of nitrogens with one attached hydrogen (secondary N) is 1. The fourth-order valence-electron chi connectivity index (χ4n) is 1.91. The van der Waals surface area contributed by atoms with Gasteiger partial charge in [-0.05, 0) is 35.7 Å². The van der Waals surface area contributed by atoms with Gasteiger partial charge in [0.2, 0.25) is 10.0 Å². The number of aliphatic hydroxyl groups excluding tert-OH is 1. The molecule has 6 heteroatoms. The molecule has 0 unspecified atom stereocenters. The topological polar surface area (TPSA) is 66.4 Å². The molecule has 0 spiro atoms. The van der Waals surface area contributed by atoms with Crippen LogP contribution >= 0.6 is 0 Å². The van der Waals surface area contributed by atoms with Gasteiger partial charge in [-0.2, -0.15) is 0 Å². The Bertz CT molecular complexity index is 744. The number of hydrogen-bond acceptors (Lipinski definition) is 3. The first kappa shape index (κ1) is 15.6. The first-order valence-electron chi connectivity index (χ1n) is 6.37. The summed E-state index contributed by atoms with van der Waals surface area (Å²) >= 11 is 0. The van der Waals surface area contributed by atoms with E-state index in [-0.39, 0.29) is 13.2 Å². The molecule has 2 aromatic carbocycles. The quantitative estimate of drug-likeness (QED) is 0.889. The highest BCUT2D eigenvalue weighted by Crippen LogP contribution is 2.17. The summed E-state index contributed by atoms with van der Waals surface area (Å²) in [5, 5.41) is 9.03. The van der Waals surface area contributed by atoms with E-state index in [0.717, 1.165) is 23.3 Å². The average Bonchev–Trinajstić information content (AvgIpc) is 2.47. The normalized spacial score (nSPS) is 11.6. The second kappa shape index (κ2) is 6.34. The number of aliphatic hydroxyl groups is 1. The summed E-state index contributed by atoms with van der Waals surface area (Å²) in [7, 11) is -3.97. The van der Waals surface area contributed by atoms with Gasteiger partial charge in [-0.25, -0.2) is 17.5 Å². The summed E-state index contributed by atoms with van der Waals surface area (Å²) in [6, 6.07) is 10.9. The van der Waals surface area contributed by atoms with E-state index >= 15 is 0 Å². The van der Waals surface area contributed by atoms with Crippen molar-refractivity contribution >= 4 is 10.0 Å². The van der Waals surface area contributed by atoms with Gasteiger partial charge in [0.05, 0.1) is 6.61 Å². The maximum absolute atomic E-state index is 13.7. The Morgan fingerprint density at radius 1 is 1.19 bits per heavy atom. The van der Waals surface area contributed by atoms with Crippen LogP contribution in [0.3, 0.4) is 0 Å². The van der Waals surface area contributed by atoms with E-state index in [2.05, 4.69) is 4.72 Å². The number of sulfonamides is 1. The average molecular weight is 309 g/mol. The molecule has 21 heavy (non-hydrogen) atoms. The minimum atomic E-state index is -3.97. The van der Waals surface area contributed by atoms with Crippen LogP contribution in [-0.2, 0) is 23.2 Å². The molecule has 2 aromatic rings. The van der Waals surface area contributed by atoms with E-state index in [1.165, 1.54) is 6.07 Å². The van der Waals surface area contributed by atoms with Crippen LogP contribution < -0.4 is 4.72 Å². The van der Waals surface area contributed by atoms with Gasteiger partial charge in [0.15, 0.2) is 0 Å². The molecule has 0 saturated carbocycles. The fourth-order valence-corrected chi connectivity index (χ4v) is 3.04. The second-order valence-electron chi connectivity index (χ2n) is 4.67. The lowest BCUT2D eigenvalue weighted by Crippen LogP contribution is -2.24. The number of hydrogen-bond donors (Lipinski definition) is 2. The molecule has 0 fully saturated rings. The molecule has 0 aromatic heterocycles. The first-order chi connectivity index (χ1) is 9.94. The monoisotopic (exact) mass is 309 g/mol. The van der Waals surface area contributed by atoms with Crippen molar-refractivity contribution in [2.24, 2.45) is 0 Å². The molecule has 0 heterocycles. The molecule has 0 saturated heterocycles. The Hall–Kier alpha value is -1.76. The third-order valence-corrected chi connectivity index (χ3v) is 4.60. The van der Waals surface area contributed by atoms with Crippen molar-refractivity contribution < 1.29 is 17.9 Å². The third kappa shape index (κ3) is 3.66. The molecule has 0 aliphatic carbocycles. The van der Waals surface area contributed by atoms with Crippen molar-refractivity contribution in [1.82, 2.24) is 4.72 Å². The lowest BCUT2D eigenvalue weighted by Gasteiger charge is -2.10. The van der Waals surface area contributed by atoms with E-state index in [1.54, 1.807) is 6.07 Å². The summed E-state index contributed by atoms with van der Waals surface area (Å²) in [6.07, 6.45) is 0. The highest BCUT2D eigenvalue weighted by molar-refractivity contribution is 7.89. The number of halogens is 1. The highest BCUT2D eigenvalue weighted by atomic mass is 32.2. The molecule has 0 aliphatic rings. The first-order valence-corrected chi connectivity index (χ1v) is 7.86. The van der Waals surface area contributed by atoms with E-state index in [0.29, 0.717) is 5.56 Å². The minimum Gasteiger partial charge on any atom is -0.392 e. The minimum absolute atomic E-state index is 0.0812. The van der Waals surface area contributed by atoms with E-state index in [1.807, 2.05) is 25.1 Å². The van der Waals surface area contributed by atoms with Gasteiger partial charge in [-0.3, -0.25) is 0 Å². The number of benzene rings is 2. The van der Waals surface area contributed by atoms with E-state index in [4.69, 9.17) is 5.11 Å². The van der Waals surface area contributed by atoms with Crippen LogP contribution in [-0.4, -0.2) is 13.5 Å². The van der Waals surface area contributed by atoms with E-state index < -0.39 is 20.7 Å². The van der Waals surface area contributed by atoms with Gasteiger partial charge in [0.1, 0.15) is 10.7 Å². The fraction of sp³-hybridized carbons (Fsp3) is 0.200. The van der Waals surface area contributed by atoms with Gasteiger partial charge in [0.25, 0.3) is 0 Å². The molecule has 2 rings (SSSR count). The zero-order valence-electron chi connectivity index (χ0n) is 11.5. The molecule has 4 nitrogen and oxygen atoms in total. The van der Waals surface area contributed by atoms with Gasteiger partial charge in [-0.15, -0.1) is 0 Å². The van der Waals surface area contributed by atoms with Crippen molar-refractivity contribution in [1.29, 1.82) is 0 Å². The van der Waals surface area contributed by atoms with Gasteiger partial charge < -0.3 is 5.11 Å². The molecule has 2 N–H and O–H groups in total. The maximum atomic E-state index is 13.7. The summed E-state index contributed by atoms with van der Waals surface area (Å²) in [5.74, 6) is -0.843. The zero-order chi connectivity index (χ0) is 15.5. The van der Waals surface area contributed by atoms with Crippen LogP contribution in [0.25, 0.3) is 0 Å². The van der Waals surface area contributed by atoms with Crippen LogP contribution in [0.5, 0.6) is 0 Å². The highest BCUT2D eigenvalue weighted by Gasteiger charge is 2.19. The Labute approximate surface area is 123 Å². The Morgan fingerprint density at radius 3 is 2.57 bits per heavy atom. The number of aryl methyl sites for hydroxylation is 1. The van der Waals surface area contributed by atoms with Crippen LogP contribution in [0, 0.1) is 12.7 Å². The molecule has 0 radical (unpaired) electrons. The molecule has 0 aliphatic heterocycles. The van der Waals surface area contributed by atoms with Crippen LogP contribution in [0.2, 0.25) is 0 Å². The molecule has 0 amide bonds. The Balaban J connectivity index is 2.25. The van der Waals surface area contributed by atoms with E-state index in [9.17, 15) is 12.8 Å².